The second-order valence-corrected chi connectivity index (χ2v) is 4.65. The van der Waals surface area contributed by atoms with Gasteiger partial charge in [0.05, 0.1) is 5.88 Å². The fourth-order valence-corrected chi connectivity index (χ4v) is 1.18. The summed E-state index contributed by atoms with van der Waals surface area (Å²) in [5, 5.41) is 0. The molecule has 3 nitrogen and oxygen atoms in total. The van der Waals surface area contributed by atoms with E-state index in [0.29, 0.717) is 11.3 Å². The molecule has 0 saturated heterocycles. The van der Waals surface area contributed by atoms with Crippen LogP contribution in [0, 0.1) is 0 Å². The molecule has 17 heavy (non-hydrogen) atoms. The first kappa shape index (κ1) is 14.2. The molecule has 0 amide bonds. The van der Waals surface area contributed by atoms with Gasteiger partial charge in [-0.1, -0.05) is 54.1 Å². The molecule has 0 saturated carbocycles. The topological polar surface area (TPSA) is 35.5 Å². The number of ether oxygens (including phenoxy) is 2. The van der Waals surface area contributed by atoms with Gasteiger partial charge in [0.25, 0.3) is 4.52 Å². The van der Waals surface area contributed by atoms with Crippen molar-refractivity contribution >= 4 is 47.0 Å². The molecule has 1 aromatic carbocycles. The van der Waals surface area contributed by atoms with E-state index in [9.17, 15) is 4.79 Å². The van der Waals surface area contributed by atoms with Crippen LogP contribution in [0.4, 0.5) is 4.79 Å². The summed E-state index contributed by atoms with van der Waals surface area (Å²) in [6.07, 6.45) is 0.503. The minimum atomic E-state index is -1.80. The lowest BCUT2D eigenvalue weighted by Gasteiger charge is -2.16. The monoisotopic (exact) mass is 294 g/mol. The number of carbonyl (C=O) groups is 1. The number of benzene rings is 1. The van der Waals surface area contributed by atoms with E-state index in [1.54, 1.807) is 30.3 Å². The first-order valence-corrected chi connectivity index (χ1v) is 5.83. The van der Waals surface area contributed by atoms with E-state index in [0.717, 1.165) is 0 Å². The van der Waals surface area contributed by atoms with Crippen LogP contribution < -0.4 is 4.74 Å². The molecule has 0 aliphatic rings. The highest BCUT2D eigenvalue weighted by atomic mass is 35.5. The van der Waals surface area contributed by atoms with Gasteiger partial charge in [-0.3, -0.25) is 0 Å². The molecular weight excluding hydrogens is 286 g/mol. The molecule has 92 valence electrons. The van der Waals surface area contributed by atoms with Crippen molar-refractivity contribution in [2.45, 2.75) is 4.52 Å². The number of carbonyl (C=O) groups excluding carboxylic acids is 1. The molecule has 0 aromatic heterocycles. The zero-order chi connectivity index (χ0) is 12.9. The average molecular weight is 296 g/mol. The van der Waals surface area contributed by atoms with Gasteiger partial charge in [0.1, 0.15) is 5.75 Å². The number of hydrogen-bond donors (Lipinski definition) is 0. The maximum absolute atomic E-state index is 11.3. The van der Waals surface area contributed by atoms with Crippen LogP contribution in [0.5, 0.6) is 5.75 Å². The van der Waals surface area contributed by atoms with Gasteiger partial charge in [0, 0.05) is 5.56 Å². The van der Waals surface area contributed by atoms with E-state index in [-0.39, 0.29) is 5.88 Å². The highest BCUT2D eigenvalue weighted by Crippen LogP contribution is 2.26. The summed E-state index contributed by atoms with van der Waals surface area (Å²) in [5.41, 5.74) is 0.644. The Morgan fingerprint density at radius 1 is 1.41 bits per heavy atom. The Bertz CT molecular complexity index is 418. The van der Waals surface area contributed by atoms with Crippen LogP contribution >= 0.6 is 34.8 Å². The van der Waals surface area contributed by atoms with Gasteiger partial charge in [-0.15, -0.1) is 11.6 Å². The number of para-hydroxylation sites is 1. The van der Waals surface area contributed by atoms with E-state index >= 15 is 0 Å². The standard InChI is InChI=1S/C11H9Cl3O3/c1-2-8-5-3-4-6-9(8)16-10(15)17-11(13,14)7-12/h2-6H,1,7H2. The Kier molecular flexibility index (Phi) is 5.12. The predicted molar refractivity (Wildman–Crippen MR) is 68.8 cm³/mol. The number of halogens is 3. The molecule has 0 atom stereocenters. The van der Waals surface area contributed by atoms with Gasteiger partial charge in [-0.2, -0.15) is 0 Å². The zero-order valence-corrected chi connectivity index (χ0v) is 10.9. The van der Waals surface area contributed by atoms with Gasteiger partial charge >= 0.3 is 6.16 Å². The normalized spacial score (nSPS) is 10.8. The number of hydrogen-bond acceptors (Lipinski definition) is 3. The van der Waals surface area contributed by atoms with Crippen LogP contribution in [0.3, 0.4) is 0 Å². The van der Waals surface area contributed by atoms with Gasteiger partial charge in [0.15, 0.2) is 0 Å². The highest BCUT2D eigenvalue weighted by Gasteiger charge is 2.29. The van der Waals surface area contributed by atoms with Crippen LogP contribution in [0.2, 0.25) is 0 Å². The first-order chi connectivity index (χ1) is 7.98. The summed E-state index contributed by atoms with van der Waals surface area (Å²) in [4.78, 5) is 11.3. The Hall–Kier alpha value is -0.900. The van der Waals surface area contributed by atoms with Crippen molar-refractivity contribution in [1.82, 2.24) is 0 Å². The van der Waals surface area contributed by atoms with Crippen LogP contribution in [0.1, 0.15) is 5.56 Å². The molecule has 0 fully saturated rings. The third-order valence-corrected chi connectivity index (χ3v) is 2.79. The Morgan fingerprint density at radius 3 is 2.65 bits per heavy atom. The van der Waals surface area contributed by atoms with Crippen molar-refractivity contribution < 1.29 is 14.3 Å². The lowest BCUT2D eigenvalue weighted by molar-refractivity contribution is 0.0799. The van der Waals surface area contributed by atoms with Gasteiger partial charge in [-0.05, 0) is 6.07 Å². The van der Waals surface area contributed by atoms with E-state index in [2.05, 4.69) is 11.3 Å². The number of alkyl halides is 3. The summed E-state index contributed by atoms with van der Waals surface area (Å²) < 4.78 is 7.70. The quantitative estimate of drug-likeness (QED) is 0.474. The van der Waals surface area contributed by atoms with E-state index in [1.165, 1.54) is 0 Å². The van der Waals surface area contributed by atoms with Crippen molar-refractivity contribution in [3.8, 4) is 5.75 Å². The summed E-state index contributed by atoms with van der Waals surface area (Å²) >= 11 is 16.5. The van der Waals surface area contributed by atoms with E-state index in [4.69, 9.17) is 39.5 Å². The molecule has 6 heteroatoms. The maximum Gasteiger partial charge on any atom is 0.516 e. The molecule has 0 aliphatic carbocycles. The Labute approximate surface area is 114 Å². The van der Waals surface area contributed by atoms with Gasteiger partial charge in [0.2, 0.25) is 0 Å². The fourth-order valence-electron chi connectivity index (χ4n) is 1.00. The van der Waals surface area contributed by atoms with E-state index < -0.39 is 10.7 Å². The lowest BCUT2D eigenvalue weighted by Crippen LogP contribution is -2.26. The molecular formula is C11H9Cl3O3. The maximum atomic E-state index is 11.3. The summed E-state index contributed by atoms with van der Waals surface area (Å²) in [6.45, 7) is 3.58. The molecule has 0 aliphatic heterocycles. The molecule has 0 heterocycles. The average Bonchev–Trinajstić information content (AvgIpc) is 2.29. The van der Waals surface area contributed by atoms with Gasteiger partial charge < -0.3 is 9.47 Å². The minimum absolute atomic E-state index is 0.270. The predicted octanol–water partition coefficient (Wildman–Crippen LogP) is 4.22. The fraction of sp³-hybridized carbons (Fsp3) is 0.182. The smallest absolute Gasteiger partial charge is 0.396 e. The molecule has 1 rings (SSSR count). The lowest BCUT2D eigenvalue weighted by atomic mass is 10.2. The largest absolute Gasteiger partial charge is 0.516 e. The van der Waals surface area contributed by atoms with Crippen molar-refractivity contribution in [3.63, 3.8) is 0 Å². The Balaban J connectivity index is 2.71. The summed E-state index contributed by atoms with van der Waals surface area (Å²) in [6, 6.07) is 6.79. The minimum Gasteiger partial charge on any atom is -0.396 e. The summed E-state index contributed by atoms with van der Waals surface area (Å²) in [7, 11) is 0. The second-order valence-electron chi connectivity index (χ2n) is 2.97. The molecule has 0 N–H and O–H groups in total. The van der Waals surface area contributed by atoms with E-state index in [1.807, 2.05) is 0 Å². The zero-order valence-electron chi connectivity index (χ0n) is 8.66. The molecule has 0 spiro atoms. The van der Waals surface area contributed by atoms with Crippen LogP contribution in [-0.2, 0) is 4.74 Å². The second kappa shape index (κ2) is 6.15. The third-order valence-electron chi connectivity index (χ3n) is 1.72. The van der Waals surface area contributed by atoms with Gasteiger partial charge in [-0.25, -0.2) is 4.79 Å². The van der Waals surface area contributed by atoms with Crippen molar-refractivity contribution in [1.29, 1.82) is 0 Å². The van der Waals surface area contributed by atoms with Crippen molar-refractivity contribution in [2.75, 3.05) is 5.88 Å². The van der Waals surface area contributed by atoms with Crippen LogP contribution in [-0.4, -0.2) is 16.6 Å². The highest BCUT2D eigenvalue weighted by molar-refractivity contribution is 6.50. The molecule has 1 aromatic rings. The van der Waals surface area contributed by atoms with Crippen LogP contribution in [0.15, 0.2) is 30.8 Å². The number of rotatable bonds is 4. The van der Waals surface area contributed by atoms with Crippen molar-refractivity contribution in [2.24, 2.45) is 0 Å². The van der Waals surface area contributed by atoms with Crippen LogP contribution in [0.25, 0.3) is 6.08 Å². The molecule has 0 radical (unpaired) electrons. The molecule has 0 bridgehead atoms. The third kappa shape index (κ3) is 4.46. The SMILES string of the molecule is C=Cc1ccccc1OC(=O)OC(Cl)(Cl)CCl. The Morgan fingerprint density at radius 2 is 2.06 bits per heavy atom. The van der Waals surface area contributed by atoms with Crippen molar-refractivity contribution in [3.05, 3.63) is 36.4 Å². The molecule has 0 unspecified atom stereocenters. The summed E-state index contributed by atoms with van der Waals surface area (Å²) in [5.74, 6) is 0.0279. The first-order valence-electron chi connectivity index (χ1n) is 4.54.